The second kappa shape index (κ2) is 10.2. The van der Waals surface area contributed by atoms with E-state index in [1.165, 1.54) is 10.4 Å². The first-order chi connectivity index (χ1) is 15.8. The number of sulfonamides is 1. The number of aromatic nitrogens is 2. The van der Waals surface area contributed by atoms with Gasteiger partial charge in [-0.15, -0.1) is 0 Å². The van der Waals surface area contributed by atoms with E-state index < -0.39 is 16.0 Å². The van der Waals surface area contributed by atoms with E-state index in [0.717, 1.165) is 45.2 Å². The average molecular weight is 477 g/mol. The molecule has 1 aromatic carbocycles. The largest absolute Gasteiger partial charge is 0.452 e. The molecule has 33 heavy (non-hydrogen) atoms. The van der Waals surface area contributed by atoms with Gasteiger partial charge in [-0.2, -0.15) is 9.29 Å². The van der Waals surface area contributed by atoms with Gasteiger partial charge in [0.1, 0.15) is 0 Å². The molecule has 3 heterocycles. The summed E-state index contributed by atoms with van der Waals surface area (Å²) in [5, 5.41) is 3.92. The summed E-state index contributed by atoms with van der Waals surface area (Å²) in [5.41, 5.74) is 0.943. The summed E-state index contributed by atoms with van der Waals surface area (Å²) in [6.07, 6.45) is 5.47. The molecule has 10 heteroatoms. The predicted molar refractivity (Wildman–Crippen MR) is 122 cm³/mol. The Morgan fingerprint density at radius 1 is 1.09 bits per heavy atom. The van der Waals surface area contributed by atoms with Crippen molar-refractivity contribution in [3.05, 3.63) is 35.5 Å². The number of carbonyl (C=O) groups excluding carboxylic acids is 1. The Kier molecular flexibility index (Phi) is 7.33. The van der Waals surface area contributed by atoms with Crippen LogP contribution in [-0.4, -0.2) is 55.0 Å². The molecule has 2 fully saturated rings. The summed E-state index contributed by atoms with van der Waals surface area (Å²) in [7, 11) is -3.67. The quantitative estimate of drug-likeness (QED) is 0.534. The van der Waals surface area contributed by atoms with Gasteiger partial charge in [0.25, 0.3) is 5.89 Å². The smallest absolute Gasteiger partial charge is 0.340 e. The minimum absolute atomic E-state index is 0.122. The first-order valence-corrected chi connectivity index (χ1v) is 13.2. The minimum Gasteiger partial charge on any atom is -0.452 e. The first-order valence-electron chi connectivity index (χ1n) is 11.7. The number of anilines is 1. The number of rotatable bonds is 8. The van der Waals surface area contributed by atoms with Crippen LogP contribution in [0.15, 0.2) is 27.6 Å². The minimum atomic E-state index is -3.67. The van der Waals surface area contributed by atoms with E-state index in [4.69, 9.17) is 9.26 Å². The number of benzene rings is 1. The summed E-state index contributed by atoms with van der Waals surface area (Å²) in [6.45, 7) is 6.60. The lowest BCUT2D eigenvalue weighted by Gasteiger charge is -2.27. The van der Waals surface area contributed by atoms with Crippen LogP contribution < -0.4 is 4.90 Å². The Bertz CT molecular complexity index is 1070. The van der Waals surface area contributed by atoms with Crippen molar-refractivity contribution in [1.29, 1.82) is 0 Å². The van der Waals surface area contributed by atoms with Gasteiger partial charge < -0.3 is 14.2 Å². The van der Waals surface area contributed by atoms with Crippen molar-refractivity contribution in [3.8, 4) is 0 Å². The fraction of sp³-hybridized carbons (Fsp3) is 0.609. The third-order valence-electron chi connectivity index (χ3n) is 6.02. The second-order valence-corrected chi connectivity index (χ2v) is 11.1. The molecule has 0 unspecified atom stereocenters. The summed E-state index contributed by atoms with van der Waals surface area (Å²) in [4.78, 5) is 19.6. The molecule has 2 saturated heterocycles. The number of piperidine rings is 1. The summed E-state index contributed by atoms with van der Waals surface area (Å²) < 4.78 is 38.6. The monoisotopic (exact) mass is 476 g/mol. The van der Waals surface area contributed by atoms with Gasteiger partial charge in [-0.3, -0.25) is 0 Å². The van der Waals surface area contributed by atoms with E-state index in [2.05, 4.69) is 28.9 Å². The highest BCUT2D eigenvalue weighted by atomic mass is 32.2. The third kappa shape index (κ3) is 5.55. The molecule has 180 valence electrons. The normalized spacial score (nSPS) is 17.6. The van der Waals surface area contributed by atoms with Gasteiger partial charge in [-0.05, 0) is 49.8 Å². The van der Waals surface area contributed by atoms with Crippen LogP contribution in [0.3, 0.4) is 0 Å². The standard InChI is InChI=1S/C23H32N4O5S/c1-17(2)14-21-24-22(32-25-21)16-31-23(28)19-15-18(8-9-20(19)26-10-6-7-11-26)33(29,30)27-12-4-3-5-13-27/h8-9,15,17H,3-7,10-14,16H2,1-2H3. The summed E-state index contributed by atoms with van der Waals surface area (Å²) >= 11 is 0. The van der Waals surface area contributed by atoms with Crippen molar-refractivity contribution in [1.82, 2.24) is 14.4 Å². The highest BCUT2D eigenvalue weighted by Gasteiger charge is 2.29. The molecule has 1 aromatic heterocycles. The molecule has 2 aromatic rings. The average Bonchev–Trinajstić information content (AvgIpc) is 3.49. The van der Waals surface area contributed by atoms with Gasteiger partial charge in [-0.1, -0.05) is 25.4 Å². The van der Waals surface area contributed by atoms with Gasteiger partial charge in [-0.25, -0.2) is 13.2 Å². The number of carbonyl (C=O) groups is 1. The highest BCUT2D eigenvalue weighted by molar-refractivity contribution is 7.89. The Morgan fingerprint density at radius 2 is 1.79 bits per heavy atom. The van der Waals surface area contributed by atoms with E-state index in [1.807, 2.05) is 0 Å². The van der Waals surface area contributed by atoms with Crippen molar-refractivity contribution in [2.75, 3.05) is 31.1 Å². The van der Waals surface area contributed by atoms with Gasteiger partial charge in [0.05, 0.1) is 16.1 Å². The molecular weight excluding hydrogens is 444 g/mol. The molecule has 0 N–H and O–H groups in total. The zero-order valence-corrected chi connectivity index (χ0v) is 20.1. The van der Waals surface area contributed by atoms with E-state index >= 15 is 0 Å². The number of nitrogens with zero attached hydrogens (tertiary/aromatic N) is 4. The van der Waals surface area contributed by atoms with Gasteiger partial charge in [0.2, 0.25) is 10.0 Å². The van der Waals surface area contributed by atoms with Crippen LogP contribution in [-0.2, 0) is 27.8 Å². The van der Waals surface area contributed by atoms with Crippen molar-refractivity contribution < 1.29 is 22.5 Å². The zero-order chi connectivity index (χ0) is 23.4. The number of hydrogen-bond acceptors (Lipinski definition) is 8. The van der Waals surface area contributed by atoms with Gasteiger partial charge >= 0.3 is 5.97 Å². The number of hydrogen-bond donors (Lipinski definition) is 0. The lowest BCUT2D eigenvalue weighted by Crippen LogP contribution is -2.35. The summed E-state index contributed by atoms with van der Waals surface area (Å²) in [5.74, 6) is 0.573. The van der Waals surface area contributed by atoms with Crippen LogP contribution in [0.1, 0.15) is 68.0 Å². The maximum atomic E-state index is 13.2. The van der Waals surface area contributed by atoms with Crippen LogP contribution in [0.4, 0.5) is 5.69 Å². The topological polar surface area (TPSA) is 106 Å². The SMILES string of the molecule is CC(C)Cc1noc(COC(=O)c2cc(S(=O)(=O)N3CCCCC3)ccc2N2CCCC2)n1. The lowest BCUT2D eigenvalue weighted by molar-refractivity contribution is 0.0430. The number of ether oxygens (including phenoxy) is 1. The van der Waals surface area contributed by atoms with Crippen molar-refractivity contribution in [2.24, 2.45) is 5.92 Å². The lowest BCUT2D eigenvalue weighted by atomic mass is 10.1. The van der Waals surface area contributed by atoms with Crippen molar-refractivity contribution >= 4 is 21.7 Å². The summed E-state index contributed by atoms with van der Waals surface area (Å²) in [6, 6.07) is 4.79. The van der Waals surface area contributed by atoms with E-state index in [9.17, 15) is 13.2 Å². The Morgan fingerprint density at radius 3 is 2.48 bits per heavy atom. The highest BCUT2D eigenvalue weighted by Crippen LogP contribution is 2.30. The van der Waals surface area contributed by atoms with E-state index in [0.29, 0.717) is 36.9 Å². The van der Waals surface area contributed by atoms with Crippen LogP contribution in [0.5, 0.6) is 0 Å². The molecule has 0 atom stereocenters. The van der Waals surface area contributed by atoms with E-state index in [1.54, 1.807) is 12.1 Å². The molecule has 0 saturated carbocycles. The Balaban J connectivity index is 1.56. The molecule has 0 spiro atoms. The third-order valence-corrected chi connectivity index (χ3v) is 7.91. The Hall–Kier alpha value is -2.46. The van der Waals surface area contributed by atoms with Crippen LogP contribution in [0.2, 0.25) is 0 Å². The van der Waals surface area contributed by atoms with Gasteiger partial charge in [0, 0.05) is 32.6 Å². The zero-order valence-electron chi connectivity index (χ0n) is 19.3. The maximum absolute atomic E-state index is 13.2. The van der Waals surface area contributed by atoms with Crippen molar-refractivity contribution in [2.45, 2.75) is 63.9 Å². The predicted octanol–water partition coefficient (Wildman–Crippen LogP) is 3.40. The fourth-order valence-corrected chi connectivity index (χ4v) is 5.87. The molecule has 0 radical (unpaired) electrons. The molecule has 0 bridgehead atoms. The Labute approximate surface area is 195 Å². The van der Waals surface area contributed by atoms with Crippen LogP contribution >= 0.6 is 0 Å². The van der Waals surface area contributed by atoms with Gasteiger partial charge in [0.15, 0.2) is 12.4 Å². The van der Waals surface area contributed by atoms with Crippen LogP contribution in [0, 0.1) is 5.92 Å². The molecule has 9 nitrogen and oxygen atoms in total. The molecule has 0 aliphatic carbocycles. The van der Waals surface area contributed by atoms with Crippen molar-refractivity contribution in [3.63, 3.8) is 0 Å². The molecular formula is C23H32N4O5S. The fourth-order valence-electron chi connectivity index (χ4n) is 4.33. The molecule has 2 aliphatic rings. The molecule has 4 rings (SSSR count). The van der Waals surface area contributed by atoms with E-state index in [-0.39, 0.29) is 23.0 Å². The van der Waals surface area contributed by atoms with Crippen LogP contribution in [0.25, 0.3) is 0 Å². The molecule has 2 aliphatic heterocycles. The first kappa shape index (κ1) is 23.7. The molecule has 0 amide bonds. The second-order valence-electron chi connectivity index (χ2n) is 9.12. The maximum Gasteiger partial charge on any atom is 0.340 e. The number of esters is 1.